The van der Waals surface area contributed by atoms with Gasteiger partial charge in [-0.2, -0.15) is 5.01 Å². The zero-order valence-electron chi connectivity index (χ0n) is 33.7. The second-order valence-corrected chi connectivity index (χ2v) is 17.0. The zero-order chi connectivity index (χ0) is 44.8. The number of hydrogen-bond acceptors (Lipinski definition) is 12. The smallest absolute Gasteiger partial charge is 0.301 e. The minimum Gasteiger partial charge on any atom is -0.508 e. The van der Waals surface area contributed by atoms with Crippen molar-refractivity contribution in [3.05, 3.63) is 144 Å². The molecule has 0 spiro atoms. The van der Waals surface area contributed by atoms with E-state index in [-0.39, 0.29) is 40.7 Å². The highest BCUT2D eigenvalue weighted by atomic mass is 35.5. The summed E-state index contributed by atoms with van der Waals surface area (Å²) in [5.41, 5.74) is 0.550. The summed E-state index contributed by atoms with van der Waals surface area (Å²) in [6, 6.07) is 23.7. The van der Waals surface area contributed by atoms with E-state index in [2.05, 4.69) is 5.43 Å². The van der Waals surface area contributed by atoms with Crippen molar-refractivity contribution in [1.82, 2.24) is 5.01 Å². The highest BCUT2D eigenvalue weighted by Gasteiger charge is 2.71. The average molecular weight is 892 g/mol. The molecule has 63 heavy (non-hydrogen) atoms. The van der Waals surface area contributed by atoms with Gasteiger partial charge in [0.2, 0.25) is 11.8 Å². The lowest BCUT2D eigenvalue weighted by Crippen LogP contribution is -2.53. The second kappa shape index (κ2) is 15.1. The number of aromatic hydroxyl groups is 1. The molecule has 5 aromatic carbocycles. The molecule has 18 heteroatoms. The number of benzene rings is 5. The van der Waals surface area contributed by atoms with E-state index in [1.807, 2.05) is 12.1 Å². The van der Waals surface area contributed by atoms with Gasteiger partial charge in [-0.1, -0.05) is 77.3 Å². The molecule has 2 saturated heterocycles. The van der Waals surface area contributed by atoms with E-state index in [0.717, 1.165) is 22.0 Å². The van der Waals surface area contributed by atoms with Crippen LogP contribution in [0.15, 0.2) is 103 Å². The molecule has 0 radical (unpaired) electrons. The summed E-state index contributed by atoms with van der Waals surface area (Å²) >= 11 is 12.8. The van der Waals surface area contributed by atoms with E-state index in [4.69, 9.17) is 27.9 Å². The van der Waals surface area contributed by atoms with Gasteiger partial charge in [0, 0.05) is 42.7 Å². The van der Waals surface area contributed by atoms with E-state index in [0.29, 0.717) is 38.2 Å². The van der Waals surface area contributed by atoms with Crippen LogP contribution in [0.4, 0.5) is 28.4 Å². The lowest BCUT2D eigenvalue weighted by Gasteiger charge is -2.51. The maximum absolute atomic E-state index is 15.7. The molecule has 2 aliphatic heterocycles. The van der Waals surface area contributed by atoms with Crippen LogP contribution in [-0.2, 0) is 24.6 Å². The Kier molecular flexibility index (Phi) is 9.90. The first-order valence-corrected chi connectivity index (χ1v) is 20.5. The van der Waals surface area contributed by atoms with Gasteiger partial charge in [0.05, 0.1) is 56.5 Å². The van der Waals surface area contributed by atoms with E-state index in [9.17, 15) is 30.1 Å². The third kappa shape index (κ3) is 6.10. The molecule has 0 bridgehead atoms. The predicted molar refractivity (Wildman–Crippen MR) is 233 cm³/mol. The standard InChI is InChI=1S/C45H36Cl2N6O10/c1-49(2)40-34(52(59)60)19-25(20-35(40)53(61)62)50-41(55)29-15-14-28-30(37(29)43(50)57)21-31-42(56)51(48-33-16-11-24(46)18-32(33)47)44(58)45(31,23-9-12-26(63-3)13-10-23)39(28)38-27-7-5-4-6-22(27)8-17-36(38)54/h4-14,16-20,29-31,37,39,48,54H,15,21H2,1-3H3/t29-,30+,31-,37-,39+,45+/m0/s1. The number of nitro benzene ring substituents is 2. The number of nitrogens with zero attached hydrogens (tertiary/aromatic N) is 5. The lowest BCUT2D eigenvalue weighted by atomic mass is 9.48. The molecule has 0 unspecified atom stereocenters. The fourth-order valence-corrected chi connectivity index (χ4v) is 10.9. The Morgan fingerprint density at radius 3 is 2.17 bits per heavy atom. The monoisotopic (exact) mass is 890 g/mol. The third-order valence-electron chi connectivity index (χ3n) is 13.0. The Bertz CT molecular complexity index is 2850. The topological polar surface area (TPSA) is 206 Å². The first kappa shape index (κ1) is 41.3. The van der Waals surface area contributed by atoms with Crippen LogP contribution in [0, 0.1) is 43.9 Å². The molecule has 320 valence electrons. The average Bonchev–Trinajstić information content (AvgIpc) is 3.64. The minimum absolute atomic E-state index is 0.0343. The SMILES string of the molecule is COc1ccc([C@@]23C(=O)N(Nc4ccc(Cl)cc4Cl)C(=O)[C@@H]2C[C@@H]2C(=CC[C@@H]4C(=O)N(c5cc([N+](=O)[O-])c(N(C)C)c([N+](=O)[O-])c5)C(=O)[C@@H]42)[C@@H]3c2c(O)ccc3ccccc23)cc1. The van der Waals surface area contributed by atoms with Crippen LogP contribution >= 0.6 is 23.2 Å². The number of methoxy groups -OCH3 is 1. The molecule has 0 aromatic heterocycles. The molecule has 9 rings (SSSR count). The molecular formula is C45H36Cl2N6O10. The number of halogens is 2. The molecule has 3 fully saturated rings. The van der Waals surface area contributed by atoms with Crippen LogP contribution in [-0.4, -0.2) is 64.8 Å². The number of allylic oxidation sites excluding steroid dienone is 2. The molecule has 2 aliphatic carbocycles. The number of fused-ring (bicyclic) bond motifs is 5. The number of nitrogens with one attached hydrogen (secondary N) is 1. The molecule has 1 saturated carbocycles. The number of ether oxygens (including phenoxy) is 1. The van der Waals surface area contributed by atoms with Crippen molar-refractivity contribution in [2.24, 2.45) is 23.7 Å². The van der Waals surface area contributed by atoms with Crippen LogP contribution in [0.5, 0.6) is 11.5 Å². The van der Waals surface area contributed by atoms with Crippen LogP contribution < -0.4 is 20.0 Å². The number of carbonyl (C=O) groups is 4. The zero-order valence-corrected chi connectivity index (χ0v) is 35.2. The summed E-state index contributed by atoms with van der Waals surface area (Å²) in [6.45, 7) is 0. The first-order valence-electron chi connectivity index (χ1n) is 19.8. The van der Waals surface area contributed by atoms with Crippen molar-refractivity contribution >= 4 is 86.0 Å². The molecule has 4 amide bonds. The summed E-state index contributed by atoms with van der Waals surface area (Å²) in [4.78, 5) is 85.5. The molecule has 6 atom stereocenters. The van der Waals surface area contributed by atoms with Crippen LogP contribution in [0.25, 0.3) is 10.8 Å². The predicted octanol–water partition coefficient (Wildman–Crippen LogP) is 7.93. The Morgan fingerprint density at radius 1 is 0.857 bits per heavy atom. The lowest BCUT2D eigenvalue weighted by molar-refractivity contribution is -0.392. The van der Waals surface area contributed by atoms with Gasteiger partial charge >= 0.3 is 11.4 Å². The summed E-state index contributed by atoms with van der Waals surface area (Å²) in [7, 11) is 4.29. The molecule has 2 N–H and O–H groups in total. The normalized spacial score (nSPS) is 23.9. The van der Waals surface area contributed by atoms with Gasteiger partial charge < -0.3 is 14.7 Å². The summed E-state index contributed by atoms with van der Waals surface area (Å²) < 4.78 is 5.48. The Balaban J connectivity index is 1.27. The Morgan fingerprint density at radius 2 is 1.54 bits per heavy atom. The minimum atomic E-state index is -1.79. The maximum Gasteiger partial charge on any atom is 0.301 e. The molecule has 16 nitrogen and oxygen atoms in total. The van der Waals surface area contributed by atoms with Gasteiger partial charge in [0.15, 0.2) is 5.69 Å². The van der Waals surface area contributed by atoms with E-state index < -0.39 is 79.9 Å². The molecule has 5 aromatic rings. The van der Waals surface area contributed by atoms with Crippen molar-refractivity contribution in [1.29, 1.82) is 0 Å². The number of phenols is 1. The summed E-state index contributed by atoms with van der Waals surface area (Å²) in [5.74, 6) is -8.07. The molecule has 2 heterocycles. The van der Waals surface area contributed by atoms with Crippen molar-refractivity contribution < 1.29 is 38.9 Å². The quantitative estimate of drug-likeness (QED) is 0.0626. The molecule has 4 aliphatic rings. The van der Waals surface area contributed by atoms with Gasteiger partial charge in [0.1, 0.15) is 11.5 Å². The number of hydrogen-bond donors (Lipinski definition) is 2. The summed E-state index contributed by atoms with van der Waals surface area (Å²) in [5, 5.41) is 39.4. The first-order chi connectivity index (χ1) is 30.1. The Labute approximate surface area is 368 Å². The number of amides is 4. The number of hydrazine groups is 1. The Hall–Kier alpha value is -7.04. The van der Waals surface area contributed by atoms with Crippen LogP contribution in [0.1, 0.15) is 29.9 Å². The van der Waals surface area contributed by atoms with Crippen molar-refractivity contribution in [2.75, 3.05) is 36.4 Å². The molecular weight excluding hydrogens is 855 g/mol. The number of carbonyl (C=O) groups excluding carboxylic acids is 4. The second-order valence-electron chi connectivity index (χ2n) is 16.2. The van der Waals surface area contributed by atoms with Gasteiger partial charge in [-0.15, -0.1) is 0 Å². The van der Waals surface area contributed by atoms with E-state index in [1.165, 1.54) is 50.4 Å². The number of anilines is 3. The fraction of sp³-hybridized carbons (Fsp3) is 0.244. The number of nitro groups is 2. The summed E-state index contributed by atoms with van der Waals surface area (Å²) in [6.07, 6.45) is 1.62. The van der Waals surface area contributed by atoms with Gasteiger partial charge in [0.25, 0.3) is 11.8 Å². The largest absolute Gasteiger partial charge is 0.508 e. The van der Waals surface area contributed by atoms with E-state index in [1.54, 1.807) is 48.5 Å². The van der Waals surface area contributed by atoms with Crippen LogP contribution in [0.2, 0.25) is 10.0 Å². The highest BCUT2D eigenvalue weighted by Crippen LogP contribution is 2.66. The van der Waals surface area contributed by atoms with Crippen molar-refractivity contribution in [2.45, 2.75) is 24.2 Å². The van der Waals surface area contributed by atoms with Crippen molar-refractivity contribution in [3.63, 3.8) is 0 Å². The van der Waals surface area contributed by atoms with Crippen molar-refractivity contribution in [3.8, 4) is 11.5 Å². The number of rotatable bonds is 9. The van der Waals surface area contributed by atoms with Gasteiger partial charge in [-0.3, -0.25) is 44.8 Å². The van der Waals surface area contributed by atoms with Gasteiger partial charge in [-0.25, -0.2) is 4.90 Å². The van der Waals surface area contributed by atoms with Crippen LogP contribution in [0.3, 0.4) is 0 Å². The highest BCUT2D eigenvalue weighted by molar-refractivity contribution is 6.36. The fourth-order valence-electron chi connectivity index (χ4n) is 10.5. The van der Waals surface area contributed by atoms with E-state index >= 15 is 14.4 Å². The third-order valence-corrected chi connectivity index (χ3v) is 13.5. The number of imide groups is 2. The maximum atomic E-state index is 15.7. The van der Waals surface area contributed by atoms with Gasteiger partial charge in [-0.05, 0) is 71.5 Å². The number of phenolic OH excluding ortho intramolecular Hbond substituents is 1.